The third-order valence-corrected chi connectivity index (χ3v) is 4.55. The lowest BCUT2D eigenvalue weighted by atomic mass is 10.1. The molecule has 1 atom stereocenters. The van der Waals surface area contributed by atoms with E-state index in [1.165, 1.54) is 6.39 Å². The molecular weight excluding hydrogens is 308 g/mol. The van der Waals surface area contributed by atoms with E-state index < -0.39 is 0 Å². The van der Waals surface area contributed by atoms with Crippen LogP contribution in [-0.2, 0) is 7.05 Å². The molecule has 0 aliphatic carbocycles. The van der Waals surface area contributed by atoms with E-state index in [4.69, 9.17) is 4.52 Å². The average molecular weight is 326 g/mol. The standard InChI is InChI=1S/C16H18N6O2/c1-21-14-9-11(6-7-12(14)18-20-21)16(23)22-8-4-2-3-5-13(22)15-17-10-24-19-15/h6-7,9-10,13H,2-5,8H2,1H3. The van der Waals surface area contributed by atoms with Gasteiger partial charge in [0.2, 0.25) is 6.39 Å². The fraction of sp³-hybridized carbons (Fsp3) is 0.438. The summed E-state index contributed by atoms with van der Waals surface area (Å²) in [5.74, 6) is 0.559. The summed E-state index contributed by atoms with van der Waals surface area (Å²) in [5.41, 5.74) is 2.25. The lowest BCUT2D eigenvalue weighted by molar-refractivity contribution is 0.0670. The van der Waals surface area contributed by atoms with Crippen LogP contribution in [0.15, 0.2) is 29.1 Å². The molecule has 3 aromatic rings. The number of fused-ring (bicyclic) bond motifs is 1. The number of likely N-dealkylation sites (tertiary alicyclic amines) is 1. The Balaban J connectivity index is 1.70. The molecule has 0 spiro atoms. The highest BCUT2D eigenvalue weighted by Crippen LogP contribution is 2.29. The van der Waals surface area contributed by atoms with Crippen molar-refractivity contribution in [2.75, 3.05) is 6.54 Å². The van der Waals surface area contributed by atoms with Crippen LogP contribution >= 0.6 is 0 Å². The highest BCUT2D eigenvalue weighted by atomic mass is 16.5. The Morgan fingerprint density at radius 3 is 3.04 bits per heavy atom. The summed E-state index contributed by atoms with van der Waals surface area (Å²) in [4.78, 5) is 19.2. The summed E-state index contributed by atoms with van der Waals surface area (Å²) >= 11 is 0. The fourth-order valence-corrected chi connectivity index (χ4v) is 3.27. The maximum absolute atomic E-state index is 13.1. The van der Waals surface area contributed by atoms with Gasteiger partial charge in [0, 0.05) is 19.2 Å². The Hall–Kier alpha value is -2.77. The van der Waals surface area contributed by atoms with Crippen LogP contribution in [0.5, 0.6) is 0 Å². The number of carbonyl (C=O) groups is 1. The Morgan fingerprint density at radius 1 is 1.29 bits per heavy atom. The van der Waals surface area contributed by atoms with E-state index in [2.05, 4.69) is 20.5 Å². The van der Waals surface area contributed by atoms with Crippen LogP contribution in [0.25, 0.3) is 11.0 Å². The largest absolute Gasteiger partial charge is 0.343 e. The monoisotopic (exact) mass is 326 g/mol. The maximum Gasteiger partial charge on any atom is 0.254 e. The van der Waals surface area contributed by atoms with E-state index in [1.807, 2.05) is 24.1 Å². The molecule has 0 bridgehead atoms. The van der Waals surface area contributed by atoms with Crippen molar-refractivity contribution in [1.29, 1.82) is 0 Å². The first-order chi connectivity index (χ1) is 11.7. The smallest absolute Gasteiger partial charge is 0.254 e. The normalized spacial score (nSPS) is 18.7. The number of hydrogen-bond donors (Lipinski definition) is 0. The van der Waals surface area contributed by atoms with Crippen LogP contribution in [0.2, 0.25) is 0 Å². The fourth-order valence-electron chi connectivity index (χ4n) is 3.27. The van der Waals surface area contributed by atoms with Gasteiger partial charge in [0.1, 0.15) is 5.52 Å². The highest BCUT2D eigenvalue weighted by molar-refractivity contribution is 5.97. The topological polar surface area (TPSA) is 89.9 Å². The van der Waals surface area contributed by atoms with Gasteiger partial charge in [-0.05, 0) is 31.0 Å². The number of nitrogens with zero attached hydrogens (tertiary/aromatic N) is 6. The number of rotatable bonds is 2. The second-order valence-corrected chi connectivity index (χ2v) is 6.07. The lowest BCUT2D eigenvalue weighted by Crippen LogP contribution is -2.35. The highest BCUT2D eigenvalue weighted by Gasteiger charge is 2.30. The predicted octanol–water partition coefficient (Wildman–Crippen LogP) is 2.11. The van der Waals surface area contributed by atoms with E-state index in [9.17, 15) is 4.79 Å². The summed E-state index contributed by atoms with van der Waals surface area (Å²) in [6.45, 7) is 0.694. The van der Waals surface area contributed by atoms with E-state index in [-0.39, 0.29) is 11.9 Å². The molecule has 1 aliphatic heterocycles. The second kappa shape index (κ2) is 6.03. The van der Waals surface area contributed by atoms with Crippen LogP contribution < -0.4 is 0 Å². The number of carbonyl (C=O) groups excluding carboxylic acids is 1. The van der Waals surface area contributed by atoms with E-state index in [0.717, 1.165) is 36.7 Å². The van der Waals surface area contributed by atoms with Gasteiger partial charge in [-0.15, -0.1) is 5.10 Å². The summed E-state index contributed by atoms with van der Waals surface area (Å²) in [7, 11) is 1.82. The zero-order valence-corrected chi connectivity index (χ0v) is 13.4. The SMILES string of the molecule is Cn1nnc2ccc(C(=O)N3CCCCCC3c3ncon3)cc21. The molecule has 3 heterocycles. The Kier molecular flexibility index (Phi) is 3.72. The minimum absolute atomic E-state index is 0.0187. The molecule has 124 valence electrons. The summed E-state index contributed by atoms with van der Waals surface area (Å²) in [5, 5.41) is 12.0. The zero-order valence-electron chi connectivity index (χ0n) is 13.4. The number of aromatic nitrogens is 5. The minimum atomic E-state index is -0.140. The third-order valence-electron chi connectivity index (χ3n) is 4.55. The Morgan fingerprint density at radius 2 is 2.21 bits per heavy atom. The third kappa shape index (κ3) is 2.53. The lowest BCUT2D eigenvalue weighted by Gasteiger charge is -2.27. The zero-order chi connectivity index (χ0) is 16.5. The maximum atomic E-state index is 13.1. The van der Waals surface area contributed by atoms with Crippen LogP contribution in [0, 0.1) is 0 Å². The Bertz CT molecular complexity index is 857. The van der Waals surface area contributed by atoms with Gasteiger partial charge >= 0.3 is 0 Å². The molecule has 1 saturated heterocycles. The molecule has 1 aromatic carbocycles. The van der Waals surface area contributed by atoms with Crippen molar-refractivity contribution in [3.05, 3.63) is 36.0 Å². The molecule has 1 aliphatic rings. The quantitative estimate of drug-likeness (QED) is 0.716. The number of amides is 1. The molecule has 1 fully saturated rings. The molecule has 0 saturated carbocycles. The summed E-state index contributed by atoms with van der Waals surface area (Å²) < 4.78 is 6.56. The molecule has 8 nitrogen and oxygen atoms in total. The van der Waals surface area contributed by atoms with E-state index >= 15 is 0 Å². The number of aryl methyl sites for hydroxylation is 1. The number of benzene rings is 1. The molecule has 8 heteroatoms. The molecule has 1 amide bonds. The predicted molar refractivity (Wildman–Crippen MR) is 85.1 cm³/mol. The molecule has 4 rings (SSSR count). The van der Waals surface area contributed by atoms with Crippen molar-refractivity contribution in [3.63, 3.8) is 0 Å². The van der Waals surface area contributed by atoms with E-state index in [1.54, 1.807) is 10.7 Å². The molecule has 0 N–H and O–H groups in total. The average Bonchev–Trinajstić information content (AvgIpc) is 3.19. The van der Waals surface area contributed by atoms with Gasteiger partial charge in [0.05, 0.1) is 11.6 Å². The van der Waals surface area contributed by atoms with Crippen molar-refractivity contribution < 1.29 is 9.32 Å². The van der Waals surface area contributed by atoms with Crippen LogP contribution in [0.1, 0.15) is 47.9 Å². The van der Waals surface area contributed by atoms with Gasteiger partial charge in [-0.1, -0.05) is 23.2 Å². The summed E-state index contributed by atoms with van der Waals surface area (Å²) in [6, 6.07) is 5.34. The molecule has 0 radical (unpaired) electrons. The van der Waals surface area contributed by atoms with Crippen molar-refractivity contribution in [2.24, 2.45) is 7.05 Å². The first-order valence-corrected chi connectivity index (χ1v) is 8.11. The first kappa shape index (κ1) is 14.8. The minimum Gasteiger partial charge on any atom is -0.343 e. The van der Waals surface area contributed by atoms with Crippen LogP contribution in [0.4, 0.5) is 0 Å². The van der Waals surface area contributed by atoms with Gasteiger partial charge < -0.3 is 9.42 Å². The molecule has 2 aromatic heterocycles. The van der Waals surface area contributed by atoms with Crippen molar-refractivity contribution >= 4 is 16.9 Å². The van der Waals surface area contributed by atoms with Crippen LogP contribution in [0.3, 0.4) is 0 Å². The van der Waals surface area contributed by atoms with Gasteiger partial charge in [-0.25, -0.2) is 4.68 Å². The second-order valence-electron chi connectivity index (χ2n) is 6.07. The number of hydrogen-bond acceptors (Lipinski definition) is 6. The van der Waals surface area contributed by atoms with Crippen molar-refractivity contribution in [3.8, 4) is 0 Å². The first-order valence-electron chi connectivity index (χ1n) is 8.11. The van der Waals surface area contributed by atoms with Gasteiger partial charge in [0.15, 0.2) is 5.82 Å². The molecular formula is C16H18N6O2. The molecule has 24 heavy (non-hydrogen) atoms. The van der Waals surface area contributed by atoms with E-state index in [0.29, 0.717) is 17.9 Å². The van der Waals surface area contributed by atoms with Crippen LogP contribution in [-0.4, -0.2) is 42.5 Å². The van der Waals surface area contributed by atoms with Gasteiger partial charge in [0.25, 0.3) is 5.91 Å². The Labute approximate surface area is 138 Å². The van der Waals surface area contributed by atoms with Crippen molar-refractivity contribution in [2.45, 2.75) is 31.7 Å². The summed E-state index contributed by atoms with van der Waals surface area (Å²) in [6.07, 6.45) is 5.29. The van der Waals surface area contributed by atoms with Crippen molar-refractivity contribution in [1.82, 2.24) is 30.0 Å². The van der Waals surface area contributed by atoms with Gasteiger partial charge in [-0.3, -0.25) is 4.79 Å². The van der Waals surface area contributed by atoms with Gasteiger partial charge in [-0.2, -0.15) is 4.98 Å². The molecule has 1 unspecified atom stereocenters.